The van der Waals surface area contributed by atoms with Crippen molar-refractivity contribution in [2.75, 3.05) is 31.5 Å². The summed E-state index contributed by atoms with van der Waals surface area (Å²) in [5.74, 6) is 2.03. The molecule has 7 nitrogen and oxygen atoms in total. The van der Waals surface area contributed by atoms with Gasteiger partial charge in [-0.25, -0.2) is 9.97 Å². The van der Waals surface area contributed by atoms with Gasteiger partial charge >= 0.3 is 0 Å². The van der Waals surface area contributed by atoms with E-state index >= 15 is 0 Å². The Bertz CT molecular complexity index is 1070. The van der Waals surface area contributed by atoms with Gasteiger partial charge in [-0.3, -0.25) is 4.72 Å². The Kier molecular flexibility index (Phi) is 6.38. The van der Waals surface area contributed by atoms with Gasteiger partial charge in [-0.15, -0.1) is 0 Å². The largest absolute Gasteiger partial charge is 0.493 e. The van der Waals surface area contributed by atoms with Crippen LogP contribution in [0.2, 0.25) is 0 Å². The normalized spacial score (nSPS) is 18.4. The number of rotatable bonds is 7. The minimum absolute atomic E-state index is 0.491. The summed E-state index contributed by atoms with van der Waals surface area (Å²) in [6, 6.07) is 11.3. The molecule has 31 heavy (non-hydrogen) atoms. The van der Waals surface area contributed by atoms with Gasteiger partial charge in [0.2, 0.25) is 0 Å². The van der Waals surface area contributed by atoms with Crippen LogP contribution in [0, 0.1) is 0 Å². The number of anilines is 3. The van der Waals surface area contributed by atoms with E-state index < -0.39 is 0 Å². The summed E-state index contributed by atoms with van der Waals surface area (Å²) >= 11 is 1.59. The van der Waals surface area contributed by atoms with E-state index in [9.17, 15) is 0 Å². The molecular formula is C23H29N5O2S. The Labute approximate surface area is 187 Å². The molecule has 1 aliphatic heterocycles. The Morgan fingerprint density at radius 1 is 1.00 bits per heavy atom. The van der Waals surface area contributed by atoms with Crippen LogP contribution < -0.4 is 24.4 Å². The zero-order valence-corrected chi connectivity index (χ0v) is 19.4. The number of hydrogen-bond acceptors (Lipinski definition) is 8. The molecule has 2 unspecified atom stereocenters. The first-order chi connectivity index (χ1) is 15.0. The lowest BCUT2D eigenvalue weighted by atomic mass is 10.1. The van der Waals surface area contributed by atoms with Crippen molar-refractivity contribution >= 4 is 40.0 Å². The predicted octanol–water partition coefficient (Wildman–Crippen LogP) is 4.99. The molecule has 2 N–H and O–H groups in total. The summed E-state index contributed by atoms with van der Waals surface area (Å²) in [5, 5.41) is 4.47. The van der Waals surface area contributed by atoms with E-state index in [1.54, 1.807) is 32.5 Å². The van der Waals surface area contributed by atoms with Crippen LogP contribution >= 0.6 is 11.9 Å². The van der Waals surface area contributed by atoms with Gasteiger partial charge in [-0.1, -0.05) is 0 Å². The average Bonchev–Trinajstić information content (AvgIpc) is 3.11. The van der Waals surface area contributed by atoms with Crippen LogP contribution in [-0.2, 0) is 0 Å². The van der Waals surface area contributed by atoms with Crippen molar-refractivity contribution in [3.8, 4) is 11.5 Å². The Balaban J connectivity index is 1.81. The molecule has 164 valence electrons. The van der Waals surface area contributed by atoms with E-state index in [2.05, 4.69) is 57.0 Å². The van der Waals surface area contributed by atoms with Gasteiger partial charge in [0.05, 0.1) is 31.1 Å². The van der Waals surface area contributed by atoms with E-state index in [-0.39, 0.29) is 0 Å². The topological polar surface area (TPSA) is 71.5 Å². The zero-order valence-electron chi connectivity index (χ0n) is 18.6. The molecule has 1 fully saturated rings. The van der Waals surface area contributed by atoms with Gasteiger partial charge in [0.1, 0.15) is 12.1 Å². The maximum absolute atomic E-state index is 5.51. The Morgan fingerprint density at radius 2 is 1.71 bits per heavy atom. The van der Waals surface area contributed by atoms with E-state index in [1.807, 2.05) is 19.2 Å². The lowest BCUT2D eigenvalue weighted by molar-refractivity contribution is 0.356. The molecule has 2 atom stereocenters. The van der Waals surface area contributed by atoms with Gasteiger partial charge in [-0.2, -0.15) is 0 Å². The first-order valence-electron chi connectivity index (χ1n) is 10.5. The van der Waals surface area contributed by atoms with Gasteiger partial charge in [0.25, 0.3) is 0 Å². The van der Waals surface area contributed by atoms with Crippen molar-refractivity contribution < 1.29 is 9.47 Å². The summed E-state index contributed by atoms with van der Waals surface area (Å²) in [7, 11) is 5.18. The number of methoxy groups -OCH3 is 2. The SMILES string of the molecule is CNSc1ccc(N2C(C)CCC2C)c(Nc2ncnc3cc(OC)c(OC)cc23)c1. The van der Waals surface area contributed by atoms with Crippen LogP contribution in [0.3, 0.4) is 0 Å². The summed E-state index contributed by atoms with van der Waals surface area (Å²) in [6.07, 6.45) is 3.96. The first kappa shape index (κ1) is 21.5. The third kappa shape index (κ3) is 4.22. The molecule has 0 spiro atoms. The molecule has 4 rings (SSSR count). The maximum atomic E-state index is 5.51. The van der Waals surface area contributed by atoms with E-state index in [0.717, 1.165) is 27.3 Å². The minimum Gasteiger partial charge on any atom is -0.493 e. The maximum Gasteiger partial charge on any atom is 0.162 e. The summed E-state index contributed by atoms with van der Waals surface area (Å²) in [6.45, 7) is 4.58. The molecule has 0 saturated carbocycles. The smallest absolute Gasteiger partial charge is 0.162 e. The monoisotopic (exact) mass is 439 g/mol. The molecule has 0 radical (unpaired) electrons. The highest BCUT2D eigenvalue weighted by Gasteiger charge is 2.29. The standard InChI is InChI=1S/C23H29N5O2S/c1-14-6-7-15(2)28(14)20-9-8-16(31-24-3)10-19(20)27-23-17-11-21(29-4)22(30-5)12-18(17)25-13-26-23/h8-15,24H,6-7H2,1-5H3,(H,25,26,27). The number of nitrogens with zero attached hydrogens (tertiary/aromatic N) is 3. The molecule has 1 aliphatic rings. The van der Waals surface area contributed by atoms with Gasteiger partial charge in [0, 0.05) is 28.4 Å². The molecule has 3 aromatic rings. The van der Waals surface area contributed by atoms with Crippen molar-refractivity contribution in [1.82, 2.24) is 14.7 Å². The second-order valence-electron chi connectivity index (χ2n) is 7.74. The molecule has 0 aliphatic carbocycles. The number of hydrogen-bond donors (Lipinski definition) is 2. The van der Waals surface area contributed by atoms with Crippen LogP contribution in [0.5, 0.6) is 11.5 Å². The molecule has 0 bridgehead atoms. The zero-order chi connectivity index (χ0) is 22.0. The van der Waals surface area contributed by atoms with Crippen LogP contribution in [0.25, 0.3) is 10.9 Å². The molecule has 0 amide bonds. The van der Waals surface area contributed by atoms with E-state index in [0.29, 0.717) is 23.6 Å². The molecule has 1 saturated heterocycles. The van der Waals surface area contributed by atoms with Crippen molar-refractivity contribution in [2.45, 2.75) is 43.7 Å². The van der Waals surface area contributed by atoms with Crippen LogP contribution in [0.4, 0.5) is 17.2 Å². The van der Waals surface area contributed by atoms with Gasteiger partial charge < -0.3 is 19.7 Å². The van der Waals surface area contributed by atoms with Crippen LogP contribution in [-0.4, -0.2) is 43.3 Å². The van der Waals surface area contributed by atoms with Crippen LogP contribution in [0.15, 0.2) is 41.6 Å². The quantitative estimate of drug-likeness (QED) is 0.499. The number of ether oxygens (including phenoxy) is 2. The van der Waals surface area contributed by atoms with Crippen LogP contribution in [0.1, 0.15) is 26.7 Å². The molecule has 2 heterocycles. The molecule has 2 aromatic carbocycles. The second-order valence-corrected chi connectivity index (χ2v) is 8.82. The second kappa shape index (κ2) is 9.20. The third-order valence-corrected chi connectivity index (χ3v) is 6.51. The highest BCUT2D eigenvalue weighted by Crippen LogP contribution is 2.40. The minimum atomic E-state index is 0.491. The van der Waals surface area contributed by atoms with E-state index in [1.165, 1.54) is 18.5 Å². The van der Waals surface area contributed by atoms with Crippen molar-refractivity contribution in [3.05, 3.63) is 36.7 Å². The lowest BCUT2D eigenvalue weighted by Crippen LogP contribution is -2.33. The Morgan fingerprint density at radius 3 is 2.39 bits per heavy atom. The number of benzene rings is 2. The fraction of sp³-hybridized carbons (Fsp3) is 0.391. The fourth-order valence-electron chi connectivity index (χ4n) is 4.30. The summed E-state index contributed by atoms with van der Waals surface area (Å²) in [5.41, 5.74) is 3.00. The summed E-state index contributed by atoms with van der Waals surface area (Å²) in [4.78, 5) is 12.6. The first-order valence-corrected chi connectivity index (χ1v) is 11.3. The fourth-order valence-corrected chi connectivity index (χ4v) is 4.85. The number of fused-ring (bicyclic) bond motifs is 1. The molecular weight excluding hydrogens is 410 g/mol. The van der Waals surface area contributed by atoms with E-state index in [4.69, 9.17) is 9.47 Å². The predicted molar refractivity (Wildman–Crippen MR) is 128 cm³/mol. The van der Waals surface area contributed by atoms with Gasteiger partial charge in [0.15, 0.2) is 11.5 Å². The summed E-state index contributed by atoms with van der Waals surface area (Å²) < 4.78 is 14.1. The average molecular weight is 440 g/mol. The van der Waals surface area contributed by atoms with Gasteiger partial charge in [-0.05, 0) is 70.0 Å². The third-order valence-electron chi connectivity index (χ3n) is 5.81. The highest BCUT2D eigenvalue weighted by molar-refractivity contribution is 7.97. The van der Waals surface area contributed by atoms with Crippen molar-refractivity contribution in [3.63, 3.8) is 0 Å². The molecule has 8 heteroatoms. The number of aromatic nitrogens is 2. The van der Waals surface area contributed by atoms with Crippen molar-refractivity contribution in [1.29, 1.82) is 0 Å². The highest BCUT2D eigenvalue weighted by atomic mass is 32.2. The van der Waals surface area contributed by atoms with Crippen molar-refractivity contribution in [2.24, 2.45) is 0 Å². The lowest BCUT2D eigenvalue weighted by Gasteiger charge is -2.31. The number of nitrogens with one attached hydrogen (secondary N) is 2. The molecule has 1 aromatic heterocycles. The Hall–Kier alpha value is -2.71.